The Bertz CT molecular complexity index is 698. The summed E-state index contributed by atoms with van der Waals surface area (Å²) in [7, 11) is 1.56. The molecule has 2 rings (SSSR count). The third-order valence-corrected chi connectivity index (χ3v) is 3.80. The molecule has 0 spiro atoms. The number of halogens is 1. The molecule has 0 aliphatic carbocycles. The normalized spacial score (nSPS) is 11.6. The Hall–Kier alpha value is -2.53. The van der Waals surface area contributed by atoms with E-state index in [1.54, 1.807) is 55.6 Å². The number of hydrogen-bond donors (Lipinski definition) is 2. The van der Waals surface area contributed by atoms with Gasteiger partial charge in [-0.2, -0.15) is 0 Å². The second kappa shape index (κ2) is 8.36. The largest absolute Gasteiger partial charge is 0.497 e. The zero-order valence-corrected chi connectivity index (χ0v) is 13.9. The Morgan fingerprint density at radius 3 is 2.29 bits per heavy atom. The smallest absolute Gasteiger partial charge is 0.307 e. The van der Waals surface area contributed by atoms with Crippen LogP contribution in [0.3, 0.4) is 0 Å². The van der Waals surface area contributed by atoms with Crippen LogP contribution >= 0.6 is 11.6 Å². The van der Waals surface area contributed by atoms with Gasteiger partial charge in [0.2, 0.25) is 5.91 Å². The molecule has 2 aromatic rings. The lowest BCUT2D eigenvalue weighted by Crippen LogP contribution is -2.24. The SMILES string of the molecule is COc1ccc(NC(=O)C[C@H](Cc2ccc(Cl)cc2)C(=O)O)cc1. The average molecular weight is 348 g/mol. The van der Waals surface area contributed by atoms with Gasteiger partial charge in [-0.05, 0) is 48.4 Å². The van der Waals surface area contributed by atoms with Gasteiger partial charge in [0.15, 0.2) is 0 Å². The molecule has 0 saturated carbocycles. The molecular formula is C18H18ClNO4. The van der Waals surface area contributed by atoms with E-state index < -0.39 is 11.9 Å². The number of anilines is 1. The van der Waals surface area contributed by atoms with E-state index in [2.05, 4.69) is 5.32 Å². The van der Waals surface area contributed by atoms with Crippen LogP contribution in [0.1, 0.15) is 12.0 Å². The minimum absolute atomic E-state index is 0.107. The molecule has 1 atom stereocenters. The number of carbonyl (C=O) groups excluding carboxylic acids is 1. The first kappa shape index (κ1) is 17.8. The summed E-state index contributed by atoms with van der Waals surface area (Å²) in [5.74, 6) is -1.47. The van der Waals surface area contributed by atoms with Gasteiger partial charge in [-0.25, -0.2) is 0 Å². The predicted molar refractivity (Wildman–Crippen MR) is 92.5 cm³/mol. The van der Waals surface area contributed by atoms with Crippen molar-refractivity contribution in [2.24, 2.45) is 5.92 Å². The number of hydrogen-bond acceptors (Lipinski definition) is 3. The molecule has 5 nitrogen and oxygen atoms in total. The number of amides is 1. The van der Waals surface area contributed by atoms with E-state index in [1.807, 2.05) is 0 Å². The molecule has 0 saturated heterocycles. The second-order valence-electron chi connectivity index (χ2n) is 5.35. The van der Waals surface area contributed by atoms with Crippen LogP contribution in [-0.4, -0.2) is 24.1 Å². The van der Waals surface area contributed by atoms with Crippen LogP contribution in [0.5, 0.6) is 5.75 Å². The highest BCUT2D eigenvalue weighted by Gasteiger charge is 2.21. The summed E-state index contributed by atoms with van der Waals surface area (Å²) in [5, 5.41) is 12.6. The maximum Gasteiger partial charge on any atom is 0.307 e. The zero-order chi connectivity index (χ0) is 17.5. The second-order valence-corrected chi connectivity index (χ2v) is 5.78. The first-order chi connectivity index (χ1) is 11.5. The number of ether oxygens (including phenoxy) is 1. The quantitative estimate of drug-likeness (QED) is 0.802. The summed E-state index contributed by atoms with van der Waals surface area (Å²) < 4.78 is 5.05. The zero-order valence-electron chi connectivity index (χ0n) is 13.2. The highest BCUT2D eigenvalue weighted by molar-refractivity contribution is 6.30. The molecule has 2 N–H and O–H groups in total. The van der Waals surface area contributed by atoms with Crippen molar-refractivity contribution in [1.29, 1.82) is 0 Å². The van der Waals surface area contributed by atoms with Crippen molar-refractivity contribution in [3.63, 3.8) is 0 Å². The van der Waals surface area contributed by atoms with E-state index in [-0.39, 0.29) is 18.7 Å². The Balaban J connectivity index is 1.97. The molecule has 0 aliphatic heterocycles. The maximum absolute atomic E-state index is 12.1. The standard InChI is InChI=1S/C18H18ClNO4/c1-24-16-8-6-15(7-9-16)20-17(21)11-13(18(22)23)10-12-2-4-14(19)5-3-12/h2-9,13H,10-11H2,1H3,(H,20,21)(H,22,23)/t13-/m0/s1. The first-order valence-electron chi connectivity index (χ1n) is 7.39. The van der Waals surface area contributed by atoms with Gasteiger partial charge in [0.25, 0.3) is 0 Å². The van der Waals surface area contributed by atoms with Gasteiger partial charge in [0, 0.05) is 17.1 Å². The number of carboxylic acid groups (broad SMARTS) is 1. The lowest BCUT2D eigenvalue weighted by atomic mass is 9.96. The van der Waals surface area contributed by atoms with Crippen LogP contribution < -0.4 is 10.1 Å². The van der Waals surface area contributed by atoms with E-state index >= 15 is 0 Å². The average Bonchev–Trinajstić information content (AvgIpc) is 2.56. The third-order valence-electron chi connectivity index (χ3n) is 3.55. The van der Waals surface area contributed by atoms with Crippen LogP contribution in [0.25, 0.3) is 0 Å². The monoisotopic (exact) mass is 347 g/mol. The predicted octanol–water partition coefficient (Wildman–Crippen LogP) is 3.62. The van der Waals surface area contributed by atoms with Gasteiger partial charge in [0.05, 0.1) is 13.0 Å². The fraction of sp³-hybridized carbons (Fsp3) is 0.222. The van der Waals surface area contributed by atoms with Gasteiger partial charge in [0.1, 0.15) is 5.75 Å². The summed E-state index contributed by atoms with van der Waals surface area (Å²) in [6.45, 7) is 0. The minimum atomic E-state index is -1.00. The Morgan fingerprint density at radius 1 is 1.12 bits per heavy atom. The fourth-order valence-corrected chi connectivity index (χ4v) is 2.39. The molecule has 24 heavy (non-hydrogen) atoms. The van der Waals surface area contributed by atoms with E-state index in [4.69, 9.17) is 16.3 Å². The Kier molecular flexibility index (Phi) is 6.21. The number of carboxylic acids is 1. The van der Waals surface area contributed by atoms with Crippen LogP contribution in [-0.2, 0) is 16.0 Å². The Morgan fingerprint density at radius 2 is 1.75 bits per heavy atom. The molecule has 0 aromatic heterocycles. The molecule has 0 heterocycles. The first-order valence-corrected chi connectivity index (χ1v) is 7.77. The van der Waals surface area contributed by atoms with Crippen LogP contribution in [0.15, 0.2) is 48.5 Å². The minimum Gasteiger partial charge on any atom is -0.497 e. The lowest BCUT2D eigenvalue weighted by molar-refractivity contribution is -0.143. The third kappa shape index (κ3) is 5.28. The van der Waals surface area contributed by atoms with E-state index in [1.165, 1.54) is 0 Å². The molecule has 1 amide bonds. The van der Waals surface area contributed by atoms with Crippen LogP contribution in [0.4, 0.5) is 5.69 Å². The summed E-state index contributed by atoms with van der Waals surface area (Å²) in [6, 6.07) is 13.8. The van der Waals surface area contributed by atoms with Crippen molar-refractivity contribution < 1.29 is 19.4 Å². The molecule has 2 aromatic carbocycles. The molecule has 0 fully saturated rings. The van der Waals surface area contributed by atoms with Crippen molar-refractivity contribution >= 4 is 29.2 Å². The topological polar surface area (TPSA) is 75.6 Å². The van der Waals surface area contributed by atoms with Gasteiger partial charge >= 0.3 is 5.97 Å². The van der Waals surface area contributed by atoms with Crippen molar-refractivity contribution in [2.75, 3.05) is 12.4 Å². The van der Waals surface area contributed by atoms with Gasteiger partial charge in [-0.3, -0.25) is 9.59 Å². The van der Waals surface area contributed by atoms with Crippen molar-refractivity contribution in [2.45, 2.75) is 12.8 Å². The lowest BCUT2D eigenvalue weighted by Gasteiger charge is -2.13. The summed E-state index contributed by atoms with van der Waals surface area (Å²) in [6.07, 6.45) is 0.159. The number of nitrogens with one attached hydrogen (secondary N) is 1. The van der Waals surface area contributed by atoms with Crippen molar-refractivity contribution in [3.05, 3.63) is 59.1 Å². The van der Waals surface area contributed by atoms with Crippen molar-refractivity contribution in [1.82, 2.24) is 0 Å². The number of benzene rings is 2. The maximum atomic E-state index is 12.1. The fourth-order valence-electron chi connectivity index (χ4n) is 2.26. The van der Waals surface area contributed by atoms with Crippen molar-refractivity contribution in [3.8, 4) is 5.75 Å². The number of methoxy groups -OCH3 is 1. The highest BCUT2D eigenvalue weighted by atomic mass is 35.5. The molecule has 0 aliphatic rings. The molecular weight excluding hydrogens is 330 g/mol. The molecule has 6 heteroatoms. The van der Waals surface area contributed by atoms with E-state index in [0.29, 0.717) is 16.5 Å². The van der Waals surface area contributed by atoms with Gasteiger partial charge in [-0.1, -0.05) is 23.7 Å². The summed E-state index contributed by atoms with van der Waals surface area (Å²) >= 11 is 5.82. The van der Waals surface area contributed by atoms with Gasteiger partial charge < -0.3 is 15.2 Å². The van der Waals surface area contributed by atoms with E-state index in [9.17, 15) is 14.7 Å². The Labute approximate surface area is 145 Å². The number of carbonyl (C=O) groups is 2. The molecule has 0 radical (unpaired) electrons. The highest BCUT2D eigenvalue weighted by Crippen LogP contribution is 2.18. The number of aliphatic carboxylic acids is 1. The van der Waals surface area contributed by atoms with Crippen LogP contribution in [0.2, 0.25) is 5.02 Å². The van der Waals surface area contributed by atoms with E-state index in [0.717, 1.165) is 5.56 Å². The summed E-state index contributed by atoms with van der Waals surface area (Å²) in [5.41, 5.74) is 1.42. The molecule has 0 unspecified atom stereocenters. The van der Waals surface area contributed by atoms with Crippen LogP contribution in [0, 0.1) is 5.92 Å². The number of rotatable bonds is 7. The molecule has 0 bridgehead atoms. The molecule has 126 valence electrons. The summed E-state index contributed by atoms with van der Waals surface area (Å²) in [4.78, 5) is 23.5. The van der Waals surface area contributed by atoms with Gasteiger partial charge in [-0.15, -0.1) is 0 Å².